The normalized spacial score (nSPS) is 10.9. The molecule has 2 heterocycles. The quantitative estimate of drug-likeness (QED) is 0.687. The van der Waals surface area contributed by atoms with Gasteiger partial charge in [0.05, 0.1) is 5.39 Å². The number of aromatic amines is 1. The second-order valence-electron chi connectivity index (χ2n) is 3.60. The predicted molar refractivity (Wildman–Crippen MR) is 61.6 cm³/mol. The van der Waals surface area contributed by atoms with E-state index in [-0.39, 0.29) is 5.56 Å². The first-order valence-corrected chi connectivity index (χ1v) is 4.99. The van der Waals surface area contributed by atoms with Crippen LogP contribution in [0.1, 0.15) is 11.3 Å². The first-order valence-electron chi connectivity index (χ1n) is 4.58. The Balaban J connectivity index is 3.17. The second-order valence-corrected chi connectivity index (χ2v) is 3.98. The fraction of sp³-hybridized carbons (Fsp3) is 0.300. The van der Waals surface area contributed by atoms with Gasteiger partial charge >= 0.3 is 0 Å². The molecule has 0 radical (unpaired) electrons. The Bertz CT molecular complexity index is 654. The molecule has 2 aromatic heterocycles. The Morgan fingerprint density at radius 1 is 1.47 bits per heavy atom. The third-order valence-electron chi connectivity index (χ3n) is 2.40. The van der Waals surface area contributed by atoms with Crippen LogP contribution in [0.15, 0.2) is 10.9 Å². The minimum atomic E-state index is -0.168. The van der Waals surface area contributed by atoms with Crippen molar-refractivity contribution >= 4 is 23.3 Å². The van der Waals surface area contributed by atoms with E-state index in [1.807, 2.05) is 19.9 Å². The van der Waals surface area contributed by atoms with Gasteiger partial charge in [0, 0.05) is 12.7 Å². The van der Waals surface area contributed by atoms with Gasteiger partial charge in [-0.2, -0.15) is 0 Å². The van der Waals surface area contributed by atoms with Gasteiger partial charge in [0.2, 0.25) is 0 Å². The lowest BCUT2D eigenvalue weighted by molar-refractivity contribution is 0.858. The molecule has 0 bridgehead atoms. The van der Waals surface area contributed by atoms with Crippen molar-refractivity contribution in [2.75, 3.05) is 0 Å². The maximum absolute atomic E-state index is 11.7. The number of H-pyrrole nitrogens is 1. The molecule has 2 aromatic rings. The van der Waals surface area contributed by atoms with Crippen LogP contribution in [0.4, 0.5) is 0 Å². The van der Waals surface area contributed by atoms with Gasteiger partial charge in [0.15, 0.2) is 4.77 Å². The van der Waals surface area contributed by atoms with E-state index in [1.54, 1.807) is 11.6 Å². The molecule has 1 N–H and O–H groups in total. The lowest BCUT2D eigenvalue weighted by Crippen LogP contribution is -2.15. The zero-order chi connectivity index (χ0) is 11.2. The second kappa shape index (κ2) is 3.27. The maximum atomic E-state index is 11.7. The van der Waals surface area contributed by atoms with Gasteiger partial charge in [0.25, 0.3) is 5.56 Å². The largest absolute Gasteiger partial charge is 0.306 e. The van der Waals surface area contributed by atoms with Gasteiger partial charge < -0.3 is 4.57 Å². The van der Waals surface area contributed by atoms with Crippen molar-refractivity contribution in [1.29, 1.82) is 0 Å². The van der Waals surface area contributed by atoms with E-state index in [4.69, 9.17) is 12.2 Å². The van der Waals surface area contributed by atoms with Crippen molar-refractivity contribution in [1.82, 2.24) is 14.5 Å². The van der Waals surface area contributed by atoms with Crippen molar-refractivity contribution in [2.45, 2.75) is 13.8 Å². The molecule has 0 atom stereocenters. The Labute approximate surface area is 91.6 Å². The summed E-state index contributed by atoms with van der Waals surface area (Å²) in [5.74, 6) is 0. The summed E-state index contributed by atoms with van der Waals surface area (Å²) in [6.45, 7) is 3.80. The maximum Gasteiger partial charge on any atom is 0.261 e. The van der Waals surface area contributed by atoms with Gasteiger partial charge in [-0.25, -0.2) is 4.98 Å². The Kier molecular flexibility index (Phi) is 2.19. The Morgan fingerprint density at radius 3 is 2.80 bits per heavy atom. The van der Waals surface area contributed by atoms with Crippen LogP contribution in [-0.4, -0.2) is 14.5 Å². The molecule has 15 heavy (non-hydrogen) atoms. The van der Waals surface area contributed by atoms with Crippen LogP contribution in [0.5, 0.6) is 0 Å². The van der Waals surface area contributed by atoms with E-state index in [1.165, 1.54) is 0 Å². The summed E-state index contributed by atoms with van der Waals surface area (Å²) in [4.78, 5) is 18.7. The summed E-state index contributed by atoms with van der Waals surface area (Å²) in [5.41, 5.74) is 2.28. The highest BCUT2D eigenvalue weighted by atomic mass is 32.1. The van der Waals surface area contributed by atoms with Crippen LogP contribution in [0, 0.1) is 18.6 Å². The van der Waals surface area contributed by atoms with Crippen molar-refractivity contribution in [3.63, 3.8) is 0 Å². The lowest BCUT2D eigenvalue weighted by atomic mass is 10.2. The van der Waals surface area contributed by atoms with Crippen LogP contribution in [0.3, 0.4) is 0 Å². The summed E-state index contributed by atoms with van der Waals surface area (Å²) in [6, 6.07) is 1.89. The fourth-order valence-corrected chi connectivity index (χ4v) is 1.86. The highest BCUT2D eigenvalue weighted by Gasteiger charge is 2.07. The zero-order valence-electron chi connectivity index (χ0n) is 8.79. The van der Waals surface area contributed by atoms with Gasteiger partial charge in [-0.15, -0.1) is 0 Å². The zero-order valence-corrected chi connectivity index (χ0v) is 9.60. The highest BCUT2D eigenvalue weighted by molar-refractivity contribution is 7.71. The number of nitrogens with zero attached hydrogens (tertiary/aromatic N) is 2. The molecule has 0 saturated heterocycles. The molecule has 0 aromatic carbocycles. The van der Waals surface area contributed by atoms with Crippen molar-refractivity contribution in [2.24, 2.45) is 7.05 Å². The SMILES string of the molecule is Cc1cc(C)c2c(=O)[nH]c(=S)n(C)c2n1. The van der Waals surface area contributed by atoms with Gasteiger partial charge in [-0.1, -0.05) is 0 Å². The van der Waals surface area contributed by atoms with Crippen LogP contribution < -0.4 is 5.56 Å². The van der Waals surface area contributed by atoms with E-state index in [9.17, 15) is 4.79 Å². The average molecular weight is 221 g/mol. The summed E-state index contributed by atoms with van der Waals surface area (Å²) in [7, 11) is 1.80. The lowest BCUT2D eigenvalue weighted by Gasteiger charge is -2.07. The molecule has 0 saturated carbocycles. The van der Waals surface area contributed by atoms with E-state index in [0.717, 1.165) is 11.3 Å². The molecule has 0 aliphatic rings. The highest BCUT2D eigenvalue weighted by Crippen LogP contribution is 2.12. The van der Waals surface area contributed by atoms with E-state index in [2.05, 4.69) is 9.97 Å². The number of nitrogens with one attached hydrogen (secondary N) is 1. The van der Waals surface area contributed by atoms with Gasteiger partial charge in [-0.3, -0.25) is 9.78 Å². The van der Waals surface area contributed by atoms with E-state index >= 15 is 0 Å². The standard InChI is InChI=1S/C10H11N3OS/c1-5-4-6(2)11-8-7(5)9(14)12-10(15)13(8)3/h4H,1-3H3,(H,12,14,15). The topological polar surface area (TPSA) is 50.7 Å². The van der Waals surface area contributed by atoms with Crippen LogP contribution >= 0.6 is 12.2 Å². The van der Waals surface area contributed by atoms with Crippen molar-refractivity contribution < 1.29 is 0 Å². The summed E-state index contributed by atoms with van der Waals surface area (Å²) in [6.07, 6.45) is 0. The van der Waals surface area contributed by atoms with Crippen LogP contribution in [-0.2, 0) is 7.05 Å². The summed E-state index contributed by atoms with van der Waals surface area (Å²) >= 11 is 5.02. The Morgan fingerprint density at radius 2 is 2.13 bits per heavy atom. The number of pyridine rings is 1. The minimum Gasteiger partial charge on any atom is -0.306 e. The first-order chi connectivity index (χ1) is 7.00. The molecule has 0 fully saturated rings. The van der Waals surface area contributed by atoms with Crippen molar-refractivity contribution in [3.8, 4) is 0 Å². The third-order valence-corrected chi connectivity index (χ3v) is 2.77. The molecule has 0 aliphatic heterocycles. The molecule has 0 amide bonds. The molecule has 78 valence electrons. The molecule has 2 rings (SSSR count). The van der Waals surface area contributed by atoms with Gasteiger partial charge in [-0.05, 0) is 37.7 Å². The summed E-state index contributed by atoms with van der Waals surface area (Å²) < 4.78 is 2.11. The molecule has 5 heteroatoms. The molecule has 0 unspecified atom stereocenters. The first kappa shape index (κ1) is 10.0. The number of aromatic nitrogens is 3. The number of aryl methyl sites for hydroxylation is 3. The van der Waals surface area contributed by atoms with Gasteiger partial charge in [0.1, 0.15) is 5.65 Å². The smallest absolute Gasteiger partial charge is 0.261 e. The van der Waals surface area contributed by atoms with Crippen LogP contribution in [0.25, 0.3) is 11.0 Å². The van der Waals surface area contributed by atoms with E-state index in [0.29, 0.717) is 15.8 Å². The predicted octanol–water partition coefficient (Wildman–Crippen LogP) is 1.61. The fourth-order valence-electron chi connectivity index (χ4n) is 1.68. The number of rotatable bonds is 0. The average Bonchev–Trinajstić information content (AvgIpc) is 2.12. The minimum absolute atomic E-state index is 0.168. The third kappa shape index (κ3) is 1.48. The molecule has 4 nitrogen and oxygen atoms in total. The molecule has 0 aliphatic carbocycles. The Hall–Kier alpha value is -1.49. The number of fused-ring (bicyclic) bond motifs is 1. The van der Waals surface area contributed by atoms with Crippen LogP contribution in [0.2, 0.25) is 0 Å². The monoisotopic (exact) mass is 221 g/mol. The number of hydrogen-bond acceptors (Lipinski definition) is 3. The number of hydrogen-bond donors (Lipinski definition) is 1. The van der Waals surface area contributed by atoms with Crippen molar-refractivity contribution in [3.05, 3.63) is 32.4 Å². The summed E-state index contributed by atoms with van der Waals surface area (Å²) in [5, 5.41) is 0.608. The van der Waals surface area contributed by atoms with E-state index < -0.39 is 0 Å². The molecular weight excluding hydrogens is 210 g/mol. The molecular formula is C10H11N3OS. The molecule has 0 spiro atoms.